The number of nitrogens with zero attached hydrogens (tertiary/aromatic N) is 4. The lowest BCUT2D eigenvalue weighted by Crippen LogP contribution is -2.04. The van der Waals surface area contributed by atoms with Crippen LogP contribution in [0.2, 0.25) is 0 Å². The van der Waals surface area contributed by atoms with Crippen molar-refractivity contribution in [1.29, 1.82) is 10.5 Å². The first-order chi connectivity index (χ1) is 9.15. The fourth-order valence-electron chi connectivity index (χ4n) is 1.98. The van der Waals surface area contributed by atoms with Crippen molar-refractivity contribution < 1.29 is 4.79 Å². The molecule has 2 aromatic rings. The van der Waals surface area contributed by atoms with Crippen LogP contribution in [0.1, 0.15) is 27.4 Å². The topological polar surface area (TPSA) is 90.4 Å². The lowest BCUT2D eigenvalue weighted by Gasteiger charge is -2.00. The van der Waals surface area contributed by atoms with Crippen molar-refractivity contribution in [3.63, 3.8) is 0 Å². The zero-order chi connectivity index (χ0) is 13.6. The van der Waals surface area contributed by atoms with Crippen LogP contribution in [0.3, 0.4) is 0 Å². The Kier molecular flexibility index (Phi) is 2.54. The number of rotatable bonds is 0. The van der Waals surface area contributed by atoms with E-state index in [1.54, 1.807) is 12.1 Å². The molecule has 1 aliphatic rings. The zero-order valence-electron chi connectivity index (χ0n) is 9.31. The van der Waals surface area contributed by atoms with Crippen molar-refractivity contribution in [2.24, 2.45) is 0 Å². The standard InChI is InChI=1S/C13H3IN4O/c14-6-1-2-7-8(3-6)11-12(13(7)19)18-10(5-16)9(4-15)17-11/h1-3H. The van der Waals surface area contributed by atoms with Crippen LogP contribution in [-0.2, 0) is 0 Å². The third kappa shape index (κ3) is 1.61. The van der Waals surface area contributed by atoms with Crippen molar-refractivity contribution in [2.45, 2.75) is 0 Å². The number of nitriles is 2. The molecule has 5 nitrogen and oxygen atoms in total. The number of fused-ring (bicyclic) bond motifs is 3. The van der Waals surface area contributed by atoms with Crippen molar-refractivity contribution in [3.05, 3.63) is 44.4 Å². The molecule has 1 aromatic heterocycles. The minimum Gasteiger partial charge on any atom is -0.287 e. The van der Waals surface area contributed by atoms with Gasteiger partial charge in [-0.05, 0) is 40.8 Å². The fourth-order valence-corrected chi connectivity index (χ4v) is 2.47. The van der Waals surface area contributed by atoms with E-state index in [1.807, 2.05) is 18.2 Å². The third-order valence-corrected chi connectivity index (χ3v) is 3.48. The zero-order valence-corrected chi connectivity index (χ0v) is 11.5. The van der Waals surface area contributed by atoms with Crippen molar-refractivity contribution in [2.75, 3.05) is 0 Å². The molecule has 0 fully saturated rings. The number of carbonyl (C=O) groups is 1. The maximum Gasteiger partial charge on any atom is 0.214 e. The van der Waals surface area contributed by atoms with Gasteiger partial charge >= 0.3 is 0 Å². The molecule has 0 radical (unpaired) electrons. The molecule has 0 atom stereocenters. The highest BCUT2D eigenvalue weighted by atomic mass is 127. The first-order valence-corrected chi connectivity index (χ1v) is 6.30. The molecule has 0 spiro atoms. The molecule has 0 bridgehead atoms. The van der Waals surface area contributed by atoms with Gasteiger partial charge in [-0.15, -0.1) is 0 Å². The van der Waals surface area contributed by atoms with Crippen LogP contribution in [0.25, 0.3) is 11.3 Å². The van der Waals surface area contributed by atoms with E-state index >= 15 is 0 Å². The van der Waals surface area contributed by atoms with E-state index in [2.05, 4.69) is 32.6 Å². The van der Waals surface area contributed by atoms with Gasteiger partial charge in [0.2, 0.25) is 5.78 Å². The SMILES string of the molecule is N#Cc1nc2c(nc1C#N)-c1cc(I)ccc1C2=O. The smallest absolute Gasteiger partial charge is 0.214 e. The summed E-state index contributed by atoms with van der Waals surface area (Å²) >= 11 is 2.13. The summed E-state index contributed by atoms with van der Waals surface area (Å²) in [5.74, 6) is -0.255. The Hall–Kier alpha value is -2.32. The lowest BCUT2D eigenvalue weighted by atomic mass is 10.1. The molecule has 0 unspecified atom stereocenters. The van der Waals surface area contributed by atoms with Gasteiger partial charge in [-0.25, -0.2) is 9.97 Å². The van der Waals surface area contributed by atoms with Crippen LogP contribution < -0.4 is 0 Å². The van der Waals surface area contributed by atoms with Gasteiger partial charge in [0.25, 0.3) is 0 Å². The molecule has 1 heterocycles. The highest BCUT2D eigenvalue weighted by Gasteiger charge is 2.31. The molecule has 88 valence electrons. The average Bonchev–Trinajstić information content (AvgIpc) is 2.70. The van der Waals surface area contributed by atoms with E-state index in [4.69, 9.17) is 10.5 Å². The Labute approximate surface area is 121 Å². The third-order valence-electron chi connectivity index (χ3n) is 2.80. The van der Waals surface area contributed by atoms with E-state index in [0.29, 0.717) is 16.8 Å². The van der Waals surface area contributed by atoms with Gasteiger partial charge in [0.15, 0.2) is 11.4 Å². The molecule has 0 saturated carbocycles. The molecule has 6 heteroatoms. The van der Waals surface area contributed by atoms with Crippen molar-refractivity contribution in [3.8, 4) is 23.4 Å². The monoisotopic (exact) mass is 358 g/mol. The second kappa shape index (κ2) is 4.11. The minimum absolute atomic E-state index is 0.0549. The minimum atomic E-state index is -0.255. The molecule has 3 rings (SSSR count). The van der Waals surface area contributed by atoms with Gasteiger partial charge in [-0.1, -0.05) is 0 Å². The highest BCUT2D eigenvalue weighted by Crippen LogP contribution is 2.35. The number of hydrogen-bond donors (Lipinski definition) is 0. The molecular formula is C13H3IN4O. The molecule has 0 N–H and O–H groups in total. The predicted molar refractivity (Wildman–Crippen MR) is 73.0 cm³/mol. The summed E-state index contributed by atoms with van der Waals surface area (Å²) in [4.78, 5) is 20.2. The van der Waals surface area contributed by atoms with E-state index in [-0.39, 0.29) is 22.9 Å². The Morgan fingerprint density at radius 1 is 1.00 bits per heavy atom. The van der Waals surface area contributed by atoms with Crippen LogP contribution in [0.4, 0.5) is 0 Å². The van der Waals surface area contributed by atoms with Gasteiger partial charge in [0, 0.05) is 14.7 Å². The van der Waals surface area contributed by atoms with Gasteiger partial charge in [-0.2, -0.15) is 10.5 Å². The second-order valence-corrected chi connectivity index (χ2v) is 5.11. The fraction of sp³-hybridized carbons (Fsp3) is 0. The van der Waals surface area contributed by atoms with E-state index in [0.717, 1.165) is 3.57 Å². The average molecular weight is 358 g/mol. The summed E-state index contributed by atoms with van der Waals surface area (Å²) in [5, 5.41) is 17.9. The molecule has 0 aliphatic heterocycles. The number of aromatic nitrogens is 2. The Morgan fingerprint density at radius 3 is 2.26 bits per heavy atom. The van der Waals surface area contributed by atoms with E-state index in [9.17, 15) is 4.79 Å². The molecule has 0 amide bonds. The molecule has 1 aliphatic carbocycles. The summed E-state index contributed by atoms with van der Waals surface area (Å²) in [6, 6.07) is 8.96. The number of ketones is 1. The van der Waals surface area contributed by atoms with E-state index < -0.39 is 0 Å². The Morgan fingerprint density at radius 2 is 1.63 bits per heavy atom. The van der Waals surface area contributed by atoms with Crippen molar-refractivity contribution >= 4 is 28.4 Å². The Bertz CT molecular complexity index is 830. The highest BCUT2D eigenvalue weighted by molar-refractivity contribution is 14.1. The van der Waals surface area contributed by atoms with Gasteiger partial charge in [-0.3, -0.25) is 4.79 Å². The normalized spacial score (nSPS) is 11.4. The summed E-state index contributed by atoms with van der Waals surface area (Å²) in [6.07, 6.45) is 0. The summed E-state index contributed by atoms with van der Waals surface area (Å²) in [7, 11) is 0. The molecule has 1 aromatic carbocycles. The van der Waals surface area contributed by atoms with Gasteiger partial charge in [0.05, 0.1) is 0 Å². The first kappa shape index (κ1) is 11.8. The quantitative estimate of drug-likeness (QED) is 0.574. The molecular weight excluding hydrogens is 355 g/mol. The molecule has 0 saturated heterocycles. The van der Waals surface area contributed by atoms with Crippen LogP contribution in [0, 0.1) is 26.2 Å². The van der Waals surface area contributed by atoms with Crippen molar-refractivity contribution in [1.82, 2.24) is 9.97 Å². The van der Waals surface area contributed by atoms with Crippen LogP contribution >= 0.6 is 22.6 Å². The number of hydrogen-bond acceptors (Lipinski definition) is 5. The first-order valence-electron chi connectivity index (χ1n) is 5.22. The van der Waals surface area contributed by atoms with Crippen LogP contribution in [-0.4, -0.2) is 15.8 Å². The van der Waals surface area contributed by atoms with Crippen LogP contribution in [0.5, 0.6) is 0 Å². The Balaban J connectivity index is 2.38. The van der Waals surface area contributed by atoms with Gasteiger partial charge < -0.3 is 0 Å². The number of carbonyl (C=O) groups excluding carboxylic acids is 1. The maximum absolute atomic E-state index is 12.2. The summed E-state index contributed by atoms with van der Waals surface area (Å²) < 4.78 is 0.960. The largest absolute Gasteiger partial charge is 0.287 e. The summed E-state index contributed by atoms with van der Waals surface area (Å²) in [5.41, 5.74) is 1.54. The molecule has 19 heavy (non-hydrogen) atoms. The number of benzene rings is 1. The predicted octanol–water partition coefficient (Wildman–Crippen LogP) is 2.04. The van der Waals surface area contributed by atoms with Crippen LogP contribution in [0.15, 0.2) is 18.2 Å². The second-order valence-electron chi connectivity index (χ2n) is 3.86. The van der Waals surface area contributed by atoms with Gasteiger partial charge in [0.1, 0.15) is 23.5 Å². The summed E-state index contributed by atoms with van der Waals surface area (Å²) in [6.45, 7) is 0. The maximum atomic E-state index is 12.2. The number of halogens is 1. The lowest BCUT2D eigenvalue weighted by molar-refractivity contribution is 0.103. The van der Waals surface area contributed by atoms with E-state index in [1.165, 1.54) is 0 Å².